The van der Waals surface area contributed by atoms with Crippen molar-refractivity contribution in [2.24, 2.45) is 0 Å². The molecule has 2 aliphatic rings. The van der Waals surface area contributed by atoms with Crippen LogP contribution in [0.5, 0.6) is 0 Å². The number of rotatable bonds is 19. The molecule has 0 bridgehead atoms. The van der Waals surface area contributed by atoms with Crippen molar-refractivity contribution in [1.29, 1.82) is 0 Å². The molecule has 0 aromatic rings. The molecule has 0 radical (unpaired) electrons. The van der Waals surface area contributed by atoms with Crippen LogP contribution >= 0.6 is 0 Å². The van der Waals surface area contributed by atoms with Gasteiger partial charge in [0, 0.05) is 19.4 Å². The Labute approximate surface area is 266 Å². The average Bonchev–Trinajstić information content (AvgIpc) is 3.03. The Morgan fingerprint density at radius 1 is 0.848 bits per heavy atom. The SMILES string of the molecule is CC(=O)C(CC/C=C/NC(=O)CCCCOC1O/C(=C\O)C(O)C(O)C1O)NC(=O)CCCCOC1OC(CO)C(O)C(O)C1O. The lowest BCUT2D eigenvalue weighted by atomic mass is 9.99. The first-order valence-corrected chi connectivity index (χ1v) is 15.2. The van der Waals surface area contributed by atoms with Crippen molar-refractivity contribution in [3.05, 3.63) is 24.3 Å². The molecule has 2 aliphatic heterocycles. The van der Waals surface area contributed by atoms with Crippen LogP contribution in [0.15, 0.2) is 24.3 Å². The van der Waals surface area contributed by atoms with E-state index in [1.165, 1.54) is 13.1 Å². The topological polar surface area (TPSA) is 274 Å². The number of unbranched alkanes of at least 4 members (excludes halogenated alkanes) is 2. The van der Waals surface area contributed by atoms with Gasteiger partial charge in [0.1, 0.15) is 49.0 Å². The van der Waals surface area contributed by atoms with E-state index in [9.17, 15) is 50.1 Å². The summed E-state index contributed by atoms with van der Waals surface area (Å²) in [5, 5.41) is 82.5. The number of hydrogen-bond donors (Lipinski definition) is 10. The molecule has 0 aromatic heterocycles. The fraction of sp³-hybridized carbons (Fsp3) is 0.759. The van der Waals surface area contributed by atoms with Crippen LogP contribution in [0, 0.1) is 0 Å². The number of aliphatic hydroxyl groups is 8. The van der Waals surface area contributed by atoms with Crippen LogP contribution in [0.25, 0.3) is 0 Å². The van der Waals surface area contributed by atoms with E-state index in [-0.39, 0.29) is 49.4 Å². The van der Waals surface area contributed by atoms with Crippen molar-refractivity contribution in [2.75, 3.05) is 19.8 Å². The summed E-state index contributed by atoms with van der Waals surface area (Å²) in [4.78, 5) is 36.4. The van der Waals surface area contributed by atoms with Crippen LogP contribution in [0.1, 0.15) is 58.3 Å². The first-order chi connectivity index (χ1) is 21.9. The molecule has 0 aromatic carbocycles. The molecule has 2 saturated heterocycles. The maximum absolute atomic E-state index is 12.3. The zero-order chi connectivity index (χ0) is 34.2. The number of amides is 2. The Kier molecular flexibility index (Phi) is 17.6. The molecule has 2 rings (SSSR count). The van der Waals surface area contributed by atoms with Gasteiger partial charge in [0.05, 0.1) is 19.3 Å². The molecule has 0 saturated carbocycles. The van der Waals surface area contributed by atoms with E-state index in [0.717, 1.165) is 0 Å². The zero-order valence-electron chi connectivity index (χ0n) is 25.7. The highest BCUT2D eigenvalue weighted by molar-refractivity contribution is 5.87. The van der Waals surface area contributed by atoms with Gasteiger partial charge in [-0.15, -0.1) is 0 Å². The largest absolute Gasteiger partial charge is 0.512 e. The first kappa shape index (κ1) is 39.5. The average molecular weight is 665 g/mol. The van der Waals surface area contributed by atoms with Crippen LogP contribution in [0.3, 0.4) is 0 Å². The second kappa shape index (κ2) is 20.5. The van der Waals surface area contributed by atoms with E-state index in [1.54, 1.807) is 6.08 Å². The Bertz CT molecular complexity index is 1010. The third-order valence-corrected chi connectivity index (χ3v) is 7.44. The van der Waals surface area contributed by atoms with Crippen molar-refractivity contribution < 1.29 is 74.2 Å². The number of Topliss-reactive ketones (excluding diaryl/α,β-unsaturated/α-hetero) is 1. The van der Waals surface area contributed by atoms with Gasteiger partial charge in [-0.25, -0.2) is 0 Å². The highest BCUT2D eigenvalue weighted by Crippen LogP contribution is 2.25. The molecule has 0 aliphatic carbocycles. The van der Waals surface area contributed by atoms with Crippen LogP contribution < -0.4 is 10.6 Å². The summed E-state index contributed by atoms with van der Waals surface area (Å²) in [5.41, 5.74) is 0. The van der Waals surface area contributed by atoms with Crippen molar-refractivity contribution in [3.63, 3.8) is 0 Å². The normalized spacial score (nSPS) is 31.4. The number of nitrogens with one attached hydrogen (secondary N) is 2. The summed E-state index contributed by atoms with van der Waals surface area (Å²) in [7, 11) is 0. The molecule has 10 unspecified atom stereocenters. The van der Waals surface area contributed by atoms with E-state index in [2.05, 4.69) is 10.6 Å². The lowest BCUT2D eigenvalue weighted by molar-refractivity contribution is -0.301. The molecule has 2 heterocycles. The highest BCUT2D eigenvalue weighted by Gasteiger charge is 2.44. The van der Waals surface area contributed by atoms with Gasteiger partial charge in [-0.3, -0.25) is 14.4 Å². The second-order valence-corrected chi connectivity index (χ2v) is 11.1. The van der Waals surface area contributed by atoms with Crippen LogP contribution in [-0.4, -0.2) is 140 Å². The van der Waals surface area contributed by atoms with Gasteiger partial charge >= 0.3 is 0 Å². The van der Waals surface area contributed by atoms with E-state index in [1.807, 2.05) is 0 Å². The summed E-state index contributed by atoms with van der Waals surface area (Å²) in [5.74, 6) is -1.15. The Balaban J connectivity index is 1.56. The van der Waals surface area contributed by atoms with E-state index in [0.29, 0.717) is 44.8 Å². The quantitative estimate of drug-likeness (QED) is 0.0504. The summed E-state index contributed by atoms with van der Waals surface area (Å²) < 4.78 is 21.1. The summed E-state index contributed by atoms with van der Waals surface area (Å²) in [6.45, 7) is 0.962. The molecular weight excluding hydrogens is 616 g/mol. The minimum Gasteiger partial charge on any atom is -0.512 e. The molecule has 2 amide bonds. The van der Waals surface area contributed by atoms with Crippen molar-refractivity contribution in [1.82, 2.24) is 10.6 Å². The van der Waals surface area contributed by atoms with Crippen LogP contribution in [-0.2, 0) is 33.3 Å². The van der Waals surface area contributed by atoms with Crippen molar-refractivity contribution in [2.45, 2.75) is 120 Å². The zero-order valence-corrected chi connectivity index (χ0v) is 25.7. The molecule has 17 heteroatoms. The molecule has 17 nitrogen and oxygen atoms in total. The van der Waals surface area contributed by atoms with Crippen molar-refractivity contribution in [3.8, 4) is 0 Å². The number of carbonyl (C=O) groups is 3. The number of aliphatic hydroxyl groups excluding tert-OH is 8. The second-order valence-electron chi connectivity index (χ2n) is 11.1. The van der Waals surface area contributed by atoms with Gasteiger partial charge < -0.3 is 70.4 Å². The number of allylic oxidation sites excluding steroid dienone is 1. The van der Waals surface area contributed by atoms with Crippen LogP contribution in [0.4, 0.5) is 0 Å². The number of ketones is 1. The molecule has 2 fully saturated rings. The predicted octanol–water partition coefficient (Wildman–Crippen LogP) is -2.52. The third kappa shape index (κ3) is 12.5. The molecule has 46 heavy (non-hydrogen) atoms. The molecule has 10 atom stereocenters. The summed E-state index contributed by atoms with van der Waals surface area (Å²) in [6, 6.07) is -0.710. The number of hydrogen-bond acceptors (Lipinski definition) is 15. The van der Waals surface area contributed by atoms with E-state index >= 15 is 0 Å². The van der Waals surface area contributed by atoms with Crippen molar-refractivity contribution >= 4 is 17.6 Å². The maximum atomic E-state index is 12.3. The lowest BCUT2D eigenvalue weighted by Crippen LogP contribution is -2.59. The fourth-order valence-electron chi connectivity index (χ4n) is 4.62. The number of ether oxygens (including phenoxy) is 4. The van der Waals surface area contributed by atoms with E-state index in [4.69, 9.17) is 24.1 Å². The summed E-state index contributed by atoms with van der Waals surface area (Å²) >= 11 is 0. The highest BCUT2D eigenvalue weighted by atomic mass is 16.7. The van der Waals surface area contributed by atoms with Gasteiger partial charge in [0.2, 0.25) is 18.1 Å². The fourth-order valence-corrected chi connectivity index (χ4v) is 4.62. The van der Waals surface area contributed by atoms with Crippen LogP contribution in [0.2, 0.25) is 0 Å². The predicted molar refractivity (Wildman–Crippen MR) is 156 cm³/mol. The van der Waals surface area contributed by atoms with E-state index < -0.39 is 68.0 Å². The molecular formula is C29H48N2O15. The minimum absolute atomic E-state index is 0.0801. The third-order valence-electron chi connectivity index (χ3n) is 7.44. The van der Waals surface area contributed by atoms with Gasteiger partial charge in [0.15, 0.2) is 17.8 Å². The van der Waals surface area contributed by atoms with Gasteiger partial charge in [-0.1, -0.05) is 6.08 Å². The Morgan fingerprint density at radius 3 is 2.07 bits per heavy atom. The smallest absolute Gasteiger partial charge is 0.228 e. The van der Waals surface area contributed by atoms with Gasteiger partial charge in [-0.05, 0) is 51.6 Å². The number of carbonyl (C=O) groups excluding carboxylic acids is 3. The lowest BCUT2D eigenvalue weighted by Gasteiger charge is -2.39. The standard InChI is InChI=1S/C29H48N2O15/c1-16(34)17(31-21(36)10-4-7-13-44-29-27(42)25(40)23(38)19(15-33)46-29)8-2-5-11-30-20(35)9-3-6-12-43-28-26(41)24(39)22(37)18(14-32)45-28/h5,11,14,17,19,22-29,32-33,37-42H,2-4,6-10,12-13,15H2,1H3,(H,30,35)(H,31,36)/b11-5+,18-14-. The van der Waals surface area contributed by atoms with Gasteiger partial charge in [-0.2, -0.15) is 0 Å². The minimum atomic E-state index is -1.59. The van der Waals surface area contributed by atoms with Gasteiger partial charge in [0.25, 0.3) is 0 Å². The molecule has 10 N–H and O–H groups in total. The first-order valence-electron chi connectivity index (χ1n) is 15.2. The monoisotopic (exact) mass is 664 g/mol. The molecule has 264 valence electrons. The summed E-state index contributed by atoms with van der Waals surface area (Å²) in [6.07, 6.45) is -6.56. The Morgan fingerprint density at radius 2 is 1.46 bits per heavy atom. The molecule has 0 spiro atoms. The maximum Gasteiger partial charge on any atom is 0.228 e. The Hall–Kier alpha value is -2.71.